The van der Waals surface area contributed by atoms with Crippen LogP contribution in [0.15, 0.2) is 158 Å². The summed E-state index contributed by atoms with van der Waals surface area (Å²) in [5.74, 6) is 0. The van der Waals surface area contributed by atoms with Gasteiger partial charge in [0.25, 0.3) is 0 Å². The molecule has 0 fully saturated rings. The van der Waals surface area contributed by atoms with Crippen molar-refractivity contribution >= 4 is 63.8 Å². The summed E-state index contributed by atoms with van der Waals surface area (Å²) >= 11 is 1.90. The average molecular weight is 563 g/mol. The summed E-state index contributed by atoms with van der Waals surface area (Å²) in [4.78, 5) is 0. The van der Waals surface area contributed by atoms with Gasteiger partial charge in [-0.05, 0) is 83.9 Å². The molecule has 0 saturated heterocycles. The van der Waals surface area contributed by atoms with E-state index in [1.165, 1.54) is 85.9 Å². The first-order valence-electron chi connectivity index (χ1n) is 14.8. The smallest absolute Gasteiger partial charge is 0.0367 e. The van der Waals surface area contributed by atoms with Crippen LogP contribution in [0.4, 0.5) is 0 Å². The summed E-state index contributed by atoms with van der Waals surface area (Å²) in [6.07, 6.45) is 0. The monoisotopic (exact) mass is 562 g/mol. The zero-order valence-electron chi connectivity index (χ0n) is 23.4. The summed E-state index contributed by atoms with van der Waals surface area (Å²) in [7, 11) is 0. The molecule has 43 heavy (non-hydrogen) atoms. The minimum absolute atomic E-state index is 1.25. The zero-order chi connectivity index (χ0) is 28.3. The highest BCUT2D eigenvalue weighted by molar-refractivity contribution is 7.26. The zero-order valence-corrected chi connectivity index (χ0v) is 24.2. The second-order valence-corrected chi connectivity index (χ2v) is 12.3. The maximum atomic E-state index is 2.46. The number of rotatable bonds is 3. The molecule has 0 radical (unpaired) electrons. The number of hydrogen-bond acceptors (Lipinski definition) is 1. The van der Waals surface area contributed by atoms with Gasteiger partial charge in [0, 0.05) is 20.2 Å². The lowest BCUT2D eigenvalue weighted by Crippen LogP contribution is -1.92. The minimum Gasteiger partial charge on any atom is -0.135 e. The van der Waals surface area contributed by atoms with Gasteiger partial charge in [-0.1, -0.05) is 140 Å². The quantitative estimate of drug-likeness (QED) is 0.188. The van der Waals surface area contributed by atoms with E-state index in [1.54, 1.807) is 0 Å². The third-order valence-electron chi connectivity index (χ3n) is 8.84. The van der Waals surface area contributed by atoms with Crippen LogP contribution in [-0.4, -0.2) is 0 Å². The van der Waals surface area contributed by atoms with E-state index >= 15 is 0 Å². The van der Waals surface area contributed by atoms with Crippen LogP contribution in [0.25, 0.3) is 85.9 Å². The molecule has 1 heterocycles. The van der Waals surface area contributed by atoms with Gasteiger partial charge in [-0.25, -0.2) is 0 Å². The number of thiophene rings is 1. The Kier molecular flexibility index (Phi) is 5.47. The second-order valence-electron chi connectivity index (χ2n) is 11.2. The lowest BCUT2D eigenvalue weighted by molar-refractivity contribution is 1.66. The minimum atomic E-state index is 1.25. The fraction of sp³-hybridized carbons (Fsp3) is 0. The standard InChI is InChI=1S/C42H26S/c1-2-14-28(15-3-1)40-32-18-6-8-20-34(32)41(35-21-9-7-19-33(35)40)37-25-29(31-23-12-16-27-13-4-5-17-30(27)31)26-39-42(37)36-22-10-11-24-38(36)43-39/h1-26H. The molecule has 0 aliphatic carbocycles. The predicted octanol–water partition coefficient (Wildman–Crippen LogP) is 12.5. The van der Waals surface area contributed by atoms with Crippen LogP contribution < -0.4 is 0 Å². The molecule has 0 aliphatic heterocycles. The van der Waals surface area contributed by atoms with Crippen molar-refractivity contribution in [2.75, 3.05) is 0 Å². The number of fused-ring (bicyclic) bond motifs is 6. The molecule has 0 aliphatic rings. The predicted molar refractivity (Wildman–Crippen MR) is 188 cm³/mol. The second kappa shape index (κ2) is 9.66. The van der Waals surface area contributed by atoms with Gasteiger partial charge < -0.3 is 0 Å². The highest BCUT2D eigenvalue weighted by Crippen LogP contribution is 2.49. The molecule has 0 amide bonds. The summed E-state index contributed by atoms with van der Waals surface area (Å²) in [6.45, 7) is 0. The summed E-state index contributed by atoms with van der Waals surface area (Å²) < 4.78 is 2.64. The molecular formula is C42H26S. The van der Waals surface area contributed by atoms with Crippen molar-refractivity contribution in [1.82, 2.24) is 0 Å². The van der Waals surface area contributed by atoms with Crippen LogP contribution in [0.3, 0.4) is 0 Å². The Hall–Kier alpha value is -5.24. The summed E-state index contributed by atoms with van der Waals surface area (Å²) in [6, 6.07) is 57.9. The van der Waals surface area contributed by atoms with Crippen molar-refractivity contribution in [3.8, 4) is 33.4 Å². The molecule has 0 unspecified atom stereocenters. The molecule has 0 saturated carbocycles. The van der Waals surface area contributed by atoms with Crippen molar-refractivity contribution in [2.45, 2.75) is 0 Å². The fourth-order valence-electron chi connectivity index (χ4n) is 7.02. The van der Waals surface area contributed by atoms with Gasteiger partial charge in [0.05, 0.1) is 0 Å². The summed E-state index contributed by atoms with van der Waals surface area (Å²) in [5.41, 5.74) is 7.68. The molecule has 8 aromatic carbocycles. The Balaban J connectivity index is 1.48. The summed E-state index contributed by atoms with van der Waals surface area (Å²) in [5, 5.41) is 10.3. The molecule has 0 atom stereocenters. The van der Waals surface area contributed by atoms with E-state index in [4.69, 9.17) is 0 Å². The van der Waals surface area contributed by atoms with Crippen molar-refractivity contribution in [2.24, 2.45) is 0 Å². The van der Waals surface area contributed by atoms with Crippen molar-refractivity contribution in [3.05, 3.63) is 158 Å². The lowest BCUT2D eigenvalue weighted by atomic mass is 9.84. The van der Waals surface area contributed by atoms with Gasteiger partial charge in [0.2, 0.25) is 0 Å². The van der Waals surface area contributed by atoms with Crippen LogP contribution in [0, 0.1) is 0 Å². The van der Waals surface area contributed by atoms with E-state index < -0.39 is 0 Å². The first-order chi connectivity index (χ1) is 21.3. The van der Waals surface area contributed by atoms with Gasteiger partial charge in [0.15, 0.2) is 0 Å². The van der Waals surface area contributed by atoms with Crippen molar-refractivity contribution in [1.29, 1.82) is 0 Å². The Morgan fingerprint density at radius 2 is 0.884 bits per heavy atom. The lowest BCUT2D eigenvalue weighted by Gasteiger charge is -2.19. The highest BCUT2D eigenvalue weighted by Gasteiger charge is 2.21. The van der Waals surface area contributed by atoms with Crippen molar-refractivity contribution in [3.63, 3.8) is 0 Å². The van der Waals surface area contributed by atoms with Gasteiger partial charge in [-0.2, -0.15) is 0 Å². The maximum absolute atomic E-state index is 2.46. The topological polar surface area (TPSA) is 0 Å². The first-order valence-corrected chi connectivity index (χ1v) is 15.6. The van der Waals surface area contributed by atoms with Crippen LogP contribution in [0.2, 0.25) is 0 Å². The third-order valence-corrected chi connectivity index (χ3v) is 9.96. The van der Waals surface area contributed by atoms with E-state index in [1.807, 2.05) is 11.3 Å². The van der Waals surface area contributed by atoms with Gasteiger partial charge in [-0.15, -0.1) is 11.3 Å². The fourth-order valence-corrected chi connectivity index (χ4v) is 8.19. The largest absolute Gasteiger partial charge is 0.135 e. The highest BCUT2D eigenvalue weighted by atomic mass is 32.1. The van der Waals surface area contributed by atoms with E-state index in [9.17, 15) is 0 Å². The molecule has 0 bridgehead atoms. The van der Waals surface area contributed by atoms with Crippen LogP contribution >= 0.6 is 11.3 Å². The van der Waals surface area contributed by atoms with Gasteiger partial charge in [-0.3, -0.25) is 0 Å². The molecule has 0 N–H and O–H groups in total. The molecule has 1 heteroatoms. The van der Waals surface area contributed by atoms with E-state index in [2.05, 4.69) is 158 Å². The SMILES string of the molecule is c1ccc(-c2c3ccccc3c(-c3cc(-c4cccc5ccccc45)cc4sc5ccccc5c34)c3ccccc23)cc1. The van der Waals surface area contributed by atoms with Crippen LogP contribution in [0.1, 0.15) is 0 Å². The van der Waals surface area contributed by atoms with Crippen LogP contribution in [0.5, 0.6) is 0 Å². The van der Waals surface area contributed by atoms with Gasteiger partial charge in [0.1, 0.15) is 0 Å². The normalized spacial score (nSPS) is 11.7. The molecule has 0 nitrogen and oxygen atoms in total. The Morgan fingerprint density at radius 1 is 0.326 bits per heavy atom. The molecule has 9 aromatic rings. The molecule has 9 rings (SSSR count). The third kappa shape index (κ3) is 3.75. The van der Waals surface area contributed by atoms with Gasteiger partial charge >= 0.3 is 0 Å². The van der Waals surface area contributed by atoms with Crippen LogP contribution in [-0.2, 0) is 0 Å². The van der Waals surface area contributed by atoms with Crippen molar-refractivity contribution < 1.29 is 0 Å². The van der Waals surface area contributed by atoms with E-state index in [0.717, 1.165) is 0 Å². The Morgan fingerprint density at radius 3 is 1.60 bits per heavy atom. The molecular weight excluding hydrogens is 537 g/mol. The average Bonchev–Trinajstić information content (AvgIpc) is 3.45. The molecule has 0 spiro atoms. The van der Waals surface area contributed by atoms with E-state index in [0.29, 0.717) is 0 Å². The first kappa shape index (κ1) is 24.4. The maximum Gasteiger partial charge on any atom is 0.0367 e. The number of benzene rings is 8. The number of hydrogen-bond donors (Lipinski definition) is 0. The Bertz CT molecular complexity index is 2440. The molecule has 200 valence electrons. The molecule has 1 aromatic heterocycles. The Labute approximate surface area is 254 Å². The van der Waals surface area contributed by atoms with E-state index in [-0.39, 0.29) is 0 Å².